The molecule has 6 nitrogen and oxygen atoms in total. The summed E-state index contributed by atoms with van der Waals surface area (Å²) in [7, 11) is 5.59. The summed E-state index contributed by atoms with van der Waals surface area (Å²) in [6.45, 7) is 6.93. The van der Waals surface area contributed by atoms with Crippen LogP contribution in [0.3, 0.4) is 0 Å². The van der Waals surface area contributed by atoms with Gasteiger partial charge in [-0.2, -0.15) is 0 Å². The second-order valence-corrected chi connectivity index (χ2v) is 7.04. The lowest BCUT2D eigenvalue weighted by atomic mass is 10.1. The van der Waals surface area contributed by atoms with Gasteiger partial charge >= 0.3 is 6.09 Å². The van der Waals surface area contributed by atoms with Crippen molar-refractivity contribution in [1.29, 1.82) is 0 Å². The zero-order valence-electron chi connectivity index (χ0n) is 15.5. The van der Waals surface area contributed by atoms with Gasteiger partial charge in [-0.3, -0.25) is 9.69 Å². The molecule has 0 unspecified atom stereocenters. The highest BCUT2D eigenvalue weighted by atomic mass is 16.6. The van der Waals surface area contributed by atoms with Gasteiger partial charge in [-0.1, -0.05) is 12.1 Å². The van der Waals surface area contributed by atoms with Gasteiger partial charge in [0.2, 0.25) is 5.91 Å². The molecule has 24 heavy (non-hydrogen) atoms. The van der Waals surface area contributed by atoms with Crippen LogP contribution in [0, 0.1) is 0 Å². The Hall–Kier alpha value is -2.08. The largest absolute Gasteiger partial charge is 0.443 e. The maximum atomic E-state index is 12.0. The summed E-state index contributed by atoms with van der Waals surface area (Å²) in [6.07, 6.45) is -0.0826. The fourth-order valence-corrected chi connectivity index (χ4v) is 1.94. The fraction of sp³-hybridized carbons (Fsp3) is 0.556. The highest BCUT2D eigenvalue weighted by Crippen LogP contribution is 2.17. The molecule has 0 radical (unpaired) electrons. The molecule has 1 rings (SSSR count). The minimum absolute atomic E-state index is 0.00917. The van der Waals surface area contributed by atoms with Crippen LogP contribution in [0.15, 0.2) is 24.3 Å². The topological polar surface area (TPSA) is 61.9 Å². The van der Waals surface area contributed by atoms with Crippen LogP contribution < -0.4 is 10.2 Å². The molecule has 0 saturated carbocycles. The number of benzene rings is 1. The van der Waals surface area contributed by atoms with Gasteiger partial charge in [-0.25, -0.2) is 4.79 Å². The number of rotatable bonds is 6. The van der Waals surface area contributed by atoms with Crippen molar-refractivity contribution in [3.8, 4) is 0 Å². The first-order valence-corrected chi connectivity index (χ1v) is 8.05. The van der Waals surface area contributed by atoms with Gasteiger partial charge in [0, 0.05) is 25.8 Å². The Bertz CT molecular complexity index is 548. The minimum atomic E-state index is -0.532. The first-order chi connectivity index (χ1) is 11.1. The van der Waals surface area contributed by atoms with Gasteiger partial charge in [0.15, 0.2) is 0 Å². The Morgan fingerprint density at radius 1 is 1.08 bits per heavy atom. The number of anilines is 1. The molecular weight excluding hydrogens is 306 g/mol. The predicted octanol–water partition coefficient (Wildman–Crippen LogP) is 2.28. The molecule has 134 valence electrons. The van der Waals surface area contributed by atoms with E-state index >= 15 is 0 Å². The number of nitrogens with zero attached hydrogens (tertiary/aromatic N) is 2. The Labute approximate surface area is 144 Å². The van der Waals surface area contributed by atoms with Gasteiger partial charge in [0.05, 0.1) is 6.42 Å². The summed E-state index contributed by atoms with van der Waals surface area (Å²) < 4.78 is 5.33. The second kappa shape index (κ2) is 8.68. The van der Waals surface area contributed by atoms with Crippen molar-refractivity contribution in [2.75, 3.05) is 39.1 Å². The number of carbonyl (C=O) groups excluding carboxylic acids is 2. The Morgan fingerprint density at radius 3 is 2.17 bits per heavy atom. The first-order valence-electron chi connectivity index (χ1n) is 8.05. The van der Waals surface area contributed by atoms with E-state index in [1.54, 1.807) is 7.05 Å². The van der Waals surface area contributed by atoms with Crippen LogP contribution in [0.5, 0.6) is 0 Å². The van der Waals surface area contributed by atoms with E-state index in [0.29, 0.717) is 13.0 Å². The molecule has 0 atom stereocenters. The van der Waals surface area contributed by atoms with E-state index in [0.717, 1.165) is 17.8 Å². The van der Waals surface area contributed by atoms with Crippen molar-refractivity contribution in [1.82, 2.24) is 10.2 Å². The quantitative estimate of drug-likeness (QED) is 0.866. The molecule has 0 spiro atoms. The van der Waals surface area contributed by atoms with E-state index in [1.165, 1.54) is 4.90 Å². The van der Waals surface area contributed by atoms with E-state index < -0.39 is 11.7 Å². The van der Waals surface area contributed by atoms with Crippen molar-refractivity contribution < 1.29 is 14.3 Å². The molecule has 0 saturated heterocycles. The van der Waals surface area contributed by atoms with Crippen LogP contribution in [0.4, 0.5) is 10.5 Å². The minimum Gasteiger partial charge on any atom is -0.443 e. The standard InChI is InChI=1S/C18H29N3O3/c1-18(2,3)24-17(23)21(6)15-9-7-14(8-10-15)13-16(22)19-11-12-20(4)5/h7-10H,11-13H2,1-6H3,(H,19,22). The van der Waals surface area contributed by atoms with E-state index in [1.807, 2.05) is 64.0 Å². The van der Waals surface area contributed by atoms with E-state index in [-0.39, 0.29) is 5.91 Å². The number of nitrogens with one attached hydrogen (secondary N) is 1. The zero-order chi connectivity index (χ0) is 18.3. The van der Waals surface area contributed by atoms with Crippen LogP contribution in [-0.2, 0) is 16.0 Å². The molecule has 0 bridgehead atoms. The number of likely N-dealkylation sites (N-methyl/N-ethyl adjacent to an activating group) is 1. The molecule has 2 amide bonds. The molecule has 0 heterocycles. The van der Waals surface area contributed by atoms with Crippen molar-refractivity contribution >= 4 is 17.7 Å². The van der Waals surface area contributed by atoms with Crippen molar-refractivity contribution in [2.45, 2.75) is 32.8 Å². The van der Waals surface area contributed by atoms with Crippen LogP contribution in [-0.4, -0.2) is 56.7 Å². The highest BCUT2D eigenvalue weighted by Gasteiger charge is 2.20. The fourth-order valence-electron chi connectivity index (χ4n) is 1.94. The maximum Gasteiger partial charge on any atom is 0.414 e. The number of carbonyl (C=O) groups is 2. The van der Waals surface area contributed by atoms with Crippen LogP contribution in [0.25, 0.3) is 0 Å². The lowest BCUT2D eigenvalue weighted by Crippen LogP contribution is -2.34. The van der Waals surface area contributed by atoms with Gasteiger partial charge in [0.1, 0.15) is 5.60 Å². The summed E-state index contributed by atoms with van der Waals surface area (Å²) >= 11 is 0. The average molecular weight is 335 g/mol. The lowest BCUT2D eigenvalue weighted by molar-refractivity contribution is -0.120. The molecule has 6 heteroatoms. The lowest BCUT2D eigenvalue weighted by Gasteiger charge is -2.24. The molecule has 0 aliphatic rings. The maximum absolute atomic E-state index is 12.0. The third-order valence-corrected chi connectivity index (χ3v) is 3.24. The highest BCUT2D eigenvalue weighted by molar-refractivity contribution is 5.87. The first kappa shape index (κ1) is 20.0. The third kappa shape index (κ3) is 7.46. The number of ether oxygens (including phenoxy) is 1. The van der Waals surface area contributed by atoms with Crippen molar-refractivity contribution in [2.24, 2.45) is 0 Å². The third-order valence-electron chi connectivity index (χ3n) is 3.24. The molecule has 1 aromatic carbocycles. The smallest absolute Gasteiger partial charge is 0.414 e. The van der Waals surface area contributed by atoms with E-state index in [4.69, 9.17) is 4.74 Å². The van der Waals surface area contributed by atoms with E-state index in [2.05, 4.69) is 5.32 Å². The van der Waals surface area contributed by atoms with Crippen LogP contribution >= 0.6 is 0 Å². The second-order valence-electron chi connectivity index (χ2n) is 7.04. The summed E-state index contributed by atoms with van der Waals surface area (Å²) in [5.41, 5.74) is 1.09. The Kier molecular flexibility index (Phi) is 7.22. The monoisotopic (exact) mass is 335 g/mol. The number of amides is 2. The van der Waals surface area contributed by atoms with E-state index in [9.17, 15) is 9.59 Å². The zero-order valence-corrected chi connectivity index (χ0v) is 15.5. The van der Waals surface area contributed by atoms with Gasteiger partial charge in [-0.05, 0) is 52.6 Å². The molecular formula is C18H29N3O3. The summed E-state index contributed by atoms with van der Waals surface area (Å²) in [4.78, 5) is 27.4. The summed E-state index contributed by atoms with van der Waals surface area (Å²) in [6, 6.07) is 7.32. The van der Waals surface area contributed by atoms with Crippen LogP contribution in [0.2, 0.25) is 0 Å². The van der Waals surface area contributed by atoms with Gasteiger partial charge in [0.25, 0.3) is 0 Å². The molecule has 0 aliphatic carbocycles. The van der Waals surface area contributed by atoms with Crippen LogP contribution in [0.1, 0.15) is 26.3 Å². The molecule has 0 fully saturated rings. The number of hydrogen-bond donors (Lipinski definition) is 1. The molecule has 1 N–H and O–H groups in total. The Balaban J connectivity index is 2.56. The molecule has 0 aliphatic heterocycles. The number of hydrogen-bond acceptors (Lipinski definition) is 4. The van der Waals surface area contributed by atoms with Gasteiger partial charge < -0.3 is 15.0 Å². The van der Waals surface area contributed by atoms with Gasteiger partial charge in [-0.15, -0.1) is 0 Å². The normalized spacial score (nSPS) is 11.3. The summed E-state index contributed by atoms with van der Waals surface area (Å²) in [5, 5.41) is 2.88. The molecule has 0 aromatic heterocycles. The van der Waals surface area contributed by atoms with Crippen molar-refractivity contribution in [3.05, 3.63) is 29.8 Å². The average Bonchev–Trinajstić information content (AvgIpc) is 2.45. The predicted molar refractivity (Wildman–Crippen MR) is 96.3 cm³/mol. The Morgan fingerprint density at radius 2 is 1.67 bits per heavy atom. The molecule has 1 aromatic rings. The van der Waals surface area contributed by atoms with Crippen molar-refractivity contribution in [3.63, 3.8) is 0 Å². The summed E-state index contributed by atoms with van der Waals surface area (Å²) in [5.74, 6) is -0.00917. The SMILES string of the molecule is CN(C)CCNC(=O)Cc1ccc(N(C)C(=O)OC(C)(C)C)cc1.